The molecular formula is C22H27N3O. The molecule has 3 unspecified atom stereocenters. The van der Waals surface area contributed by atoms with Crippen LogP contribution >= 0.6 is 0 Å². The number of benzene rings is 1. The molecule has 2 saturated heterocycles. The number of pyridine rings is 1. The number of nitrogens with zero attached hydrogens (tertiary/aromatic N) is 1. The summed E-state index contributed by atoms with van der Waals surface area (Å²) in [4.78, 5) is 16.5. The number of fused-ring (bicyclic) bond motifs is 2. The van der Waals surface area contributed by atoms with Crippen molar-refractivity contribution in [3.05, 3.63) is 54.4 Å². The molecule has 3 heterocycles. The third kappa shape index (κ3) is 3.96. The Morgan fingerprint density at radius 2 is 1.69 bits per heavy atom. The maximum Gasteiger partial charge on any atom is 0.220 e. The molecule has 1 aromatic heterocycles. The van der Waals surface area contributed by atoms with E-state index in [0.29, 0.717) is 24.4 Å². The SMILES string of the molecule is CC(NC(=O)CC1CC2CCC(C1)N2)c1ccc(-c2ccncc2)cc1. The molecule has 2 N–H and O–H groups in total. The number of piperidine rings is 1. The van der Waals surface area contributed by atoms with Gasteiger partial charge in [0.05, 0.1) is 6.04 Å². The Kier molecular flexibility index (Phi) is 5.02. The van der Waals surface area contributed by atoms with Gasteiger partial charge in [0.2, 0.25) is 5.91 Å². The van der Waals surface area contributed by atoms with Crippen molar-refractivity contribution in [2.24, 2.45) is 5.92 Å². The van der Waals surface area contributed by atoms with Crippen molar-refractivity contribution < 1.29 is 4.79 Å². The quantitative estimate of drug-likeness (QED) is 0.862. The van der Waals surface area contributed by atoms with Gasteiger partial charge in [-0.1, -0.05) is 24.3 Å². The number of carbonyl (C=O) groups is 1. The van der Waals surface area contributed by atoms with Crippen molar-refractivity contribution in [3.8, 4) is 11.1 Å². The van der Waals surface area contributed by atoms with E-state index in [0.717, 1.165) is 24.0 Å². The van der Waals surface area contributed by atoms with Gasteiger partial charge in [0, 0.05) is 30.9 Å². The first-order chi connectivity index (χ1) is 12.7. The number of nitrogens with one attached hydrogen (secondary N) is 2. The summed E-state index contributed by atoms with van der Waals surface area (Å²) in [6.07, 6.45) is 9.14. The van der Waals surface area contributed by atoms with E-state index in [9.17, 15) is 4.79 Å². The molecule has 0 aliphatic carbocycles. The second-order valence-electron chi connectivity index (χ2n) is 7.83. The van der Waals surface area contributed by atoms with Crippen LogP contribution in [0.4, 0.5) is 0 Å². The predicted molar refractivity (Wildman–Crippen MR) is 104 cm³/mol. The zero-order chi connectivity index (χ0) is 17.9. The van der Waals surface area contributed by atoms with Crippen LogP contribution in [-0.4, -0.2) is 23.0 Å². The number of aromatic nitrogens is 1. The second kappa shape index (κ2) is 7.58. The average Bonchev–Trinajstić information content (AvgIpc) is 3.00. The standard InChI is InChI=1S/C22H27N3O/c1-15(17-2-4-18(5-3-17)19-8-10-23-11-9-19)24-22(26)14-16-12-20-6-7-21(13-16)25-20/h2-5,8-11,15-16,20-21,25H,6-7,12-14H2,1H3,(H,24,26). The van der Waals surface area contributed by atoms with Gasteiger partial charge in [0.15, 0.2) is 0 Å². The Bertz CT molecular complexity index is 732. The van der Waals surface area contributed by atoms with Crippen molar-refractivity contribution in [1.82, 2.24) is 15.6 Å². The first-order valence-electron chi connectivity index (χ1n) is 9.73. The Balaban J connectivity index is 1.32. The lowest BCUT2D eigenvalue weighted by atomic mass is 9.89. The fourth-order valence-corrected chi connectivity index (χ4v) is 4.50. The van der Waals surface area contributed by atoms with Crippen LogP contribution in [0.15, 0.2) is 48.8 Å². The van der Waals surface area contributed by atoms with E-state index in [4.69, 9.17) is 0 Å². The Labute approximate surface area is 155 Å². The maximum absolute atomic E-state index is 12.5. The van der Waals surface area contributed by atoms with Crippen LogP contribution in [0, 0.1) is 5.92 Å². The third-order valence-electron chi connectivity index (χ3n) is 5.85. The van der Waals surface area contributed by atoms with Gasteiger partial charge in [-0.2, -0.15) is 0 Å². The van der Waals surface area contributed by atoms with Gasteiger partial charge in [0.25, 0.3) is 0 Å². The largest absolute Gasteiger partial charge is 0.350 e. The van der Waals surface area contributed by atoms with E-state index in [-0.39, 0.29) is 11.9 Å². The number of rotatable bonds is 5. The Morgan fingerprint density at radius 3 is 2.35 bits per heavy atom. The lowest BCUT2D eigenvalue weighted by Gasteiger charge is -2.29. The van der Waals surface area contributed by atoms with Crippen LogP contribution in [0.25, 0.3) is 11.1 Å². The van der Waals surface area contributed by atoms with E-state index in [1.54, 1.807) is 12.4 Å². The summed E-state index contributed by atoms with van der Waals surface area (Å²) < 4.78 is 0. The highest BCUT2D eigenvalue weighted by molar-refractivity contribution is 5.76. The van der Waals surface area contributed by atoms with Gasteiger partial charge in [-0.05, 0) is 67.3 Å². The smallest absolute Gasteiger partial charge is 0.220 e. The molecule has 0 radical (unpaired) electrons. The first-order valence-corrected chi connectivity index (χ1v) is 9.73. The van der Waals surface area contributed by atoms with Crippen molar-refractivity contribution >= 4 is 5.91 Å². The van der Waals surface area contributed by atoms with E-state index in [1.807, 2.05) is 12.1 Å². The molecule has 0 spiro atoms. The molecule has 2 aliphatic heterocycles. The molecule has 3 atom stereocenters. The molecule has 4 nitrogen and oxygen atoms in total. The van der Waals surface area contributed by atoms with E-state index < -0.39 is 0 Å². The number of carbonyl (C=O) groups excluding carboxylic acids is 1. The van der Waals surface area contributed by atoms with E-state index in [2.05, 4.69) is 46.8 Å². The van der Waals surface area contributed by atoms with Crippen molar-refractivity contribution in [2.75, 3.05) is 0 Å². The molecule has 4 rings (SSSR count). The van der Waals surface area contributed by atoms with Gasteiger partial charge >= 0.3 is 0 Å². The summed E-state index contributed by atoms with van der Waals surface area (Å²) in [7, 11) is 0. The highest BCUT2D eigenvalue weighted by Gasteiger charge is 2.34. The summed E-state index contributed by atoms with van der Waals surface area (Å²) in [6, 6.07) is 13.8. The van der Waals surface area contributed by atoms with Crippen LogP contribution in [0.5, 0.6) is 0 Å². The van der Waals surface area contributed by atoms with E-state index >= 15 is 0 Å². The number of amides is 1. The zero-order valence-corrected chi connectivity index (χ0v) is 15.3. The predicted octanol–water partition coefficient (Wildman–Crippen LogP) is 3.85. The molecule has 2 bridgehead atoms. The van der Waals surface area contributed by atoms with Gasteiger partial charge < -0.3 is 10.6 Å². The number of hydrogen-bond acceptors (Lipinski definition) is 3. The molecule has 2 aliphatic rings. The summed E-state index contributed by atoms with van der Waals surface area (Å²) in [5.74, 6) is 0.719. The van der Waals surface area contributed by atoms with Crippen molar-refractivity contribution in [3.63, 3.8) is 0 Å². The van der Waals surface area contributed by atoms with Crippen molar-refractivity contribution in [2.45, 2.75) is 57.2 Å². The molecular weight excluding hydrogens is 322 g/mol. The number of hydrogen-bond donors (Lipinski definition) is 2. The molecule has 0 saturated carbocycles. The zero-order valence-electron chi connectivity index (χ0n) is 15.3. The van der Waals surface area contributed by atoms with Crippen molar-refractivity contribution in [1.29, 1.82) is 0 Å². The Morgan fingerprint density at radius 1 is 1.08 bits per heavy atom. The molecule has 4 heteroatoms. The van der Waals surface area contributed by atoms with Crippen LogP contribution < -0.4 is 10.6 Å². The minimum atomic E-state index is 0.0347. The minimum absolute atomic E-state index is 0.0347. The summed E-state index contributed by atoms with van der Waals surface area (Å²) >= 11 is 0. The highest BCUT2D eigenvalue weighted by Crippen LogP contribution is 2.32. The van der Waals surface area contributed by atoms with Gasteiger partial charge in [-0.15, -0.1) is 0 Å². The average molecular weight is 349 g/mol. The molecule has 26 heavy (non-hydrogen) atoms. The molecule has 2 aromatic rings. The lowest BCUT2D eigenvalue weighted by molar-refractivity contribution is -0.122. The van der Waals surface area contributed by atoms with E-state index in [1.165, 1.54) is 18.4 Å². The van der Waals surface area contributed by atoms with Crippen LogP contribution in [-0.2, 0) is 4.79 Å². The van der Waals surface area contributed by atoms with Gasteiger partial charge in [-0.25, -0.2) is 0 Å². The molecule has 1 amide bonds. The monoisotopic (exact) mass is 349 g/mol. The fourth-order valence-electron chi connectivity index (χ4n) is 4.50. The summed E-state index contributed by atoms with van der Waals surface area (Å²) in [6.45, 7) is 2.06. The summed E-state index contributed by atoms with van der Waals surface area (Å²) in [5.41, 5.74) is 3.46. The minimum Gasteiger partial charge on any atom is -0.350 e. The first kappa shape index (κ1) is 17.2. The summed E-state index contributed by atoms with van der Waals surface area (Å²) in [5, 5.41) is 6.83. The highest BCUT2D eigenvalue weighted by atomic mass is 16.1. The normalized spacial score (nSPS) is 25.7. The van der Waals surface area contributed by atoms with Crippen LogP contribution in [0.3, 0.4) is 0 Å². The molecule has 2 fully saturated rings. The maximum atomic E-state index is 12.5. The second-order valence-corrected chi connectivity index (χ2v) is 7.83. The third-order valence-corrected chi connectivity index (χ3v) is 5.85. The molecule has 1 aromatic carbocycles. The topological polar surface area (TPSA) is 54.0 Å². The van der Waals surface area contributed by atoms with Gasteiger partial charge in [0.1, 0.15) is 0 Å². The van der Waals surface area contributed by atoms with Crippen LogP contribution in [0.1, 0.15) is 50.6 Å². The van der Waals surface area contributed by atoms with Crippen LogP contribution in [0.2, 0.25) is 0 Å². The lowest BCUT2D eigenvalue weighted by Crippen LogP contribution is -2.40. The van der Waals surface area contributed by atoms with Gasteiger partial charge in [-0.3, -0.25) is 9.78 Å². The fraction of sp³-hybridized carbons (Fsp3) is 0.455. The Hall–Kier alpha value is -2.20. The molecule has 136 valence electrons.